The number of hydrogen-bond acceptors (Lipinski definition) is 5. The average molecular weight is 364 g/mol. The number of carbonyl (C=O) groups excluding carboxylic acids is 2. The van der Waals surface area contributed by atoms with Crippen molar-refractivity contribution < 1.29 is 24.2 Å². The van der Waals surface area contributed by atoms with Gasteiger partial charge in [-0.05, 0) is 44.9 Å². The molecule has 26 heavy (non-hydrogen) atoms. The van der Waals surface area contributed by atoms with E-state index in [1.807, 2.05) is 13.8 Å². The zero-order chi connectivity index (χ0) is 19.4. The molecule has 0 aromatic rings. The van der Waals surface area contributed by atoms with Crippen molar-refractivity contribution in [1.82, 2.24) is 10.2 Å². The summed E-state index contributed by atoms with van der Waals surface area (Å²) in [6, 6.07) is -0.962. The van der Waals surface area contributed by atoms with E-state index in [-0.39, 0.29) is 17.6 Å². The molecule has 0 radical (unpaired) electrons. The van der Waals surface area contributed by atoms with Crippen LogP contribution in [0.4, 0.5) is 4.79 Å². The van der Waals surface area contributed by atoms with Gasteiger partial charge in [-0.3, -0.25) is 4.79 Å². The second-order valence-electron chi connectivity index (χ2n) is 7.22. The van der Waals surface area contributed by atoms with Crippen LogP contribution < -0.4 is 5.32 Å². The van der Waals surface area contributed by atoms with Crippen LogP contribution in [0.15, 0.2) is 23.4 Å². The van der Waals surface area contributed by atoms with Crippen LogP contribution >= 0.6 is 0 Å². The topological polar surface area (TPSA) is 95.9 Å². The van der Waals surface area contributed by atoms with E-state index in [9.17, 15) is 19.5 Å². The smallest absolute Gasteiger partial charge is 0.407 e. The van der Waals surface area contributed by atoms with Gasteiger partial charge in [0.15, 0.2) is 5.78 Å². The Morgan fingerprint density at radius 1 is 1.31 bits per heavy atom. The number of piperidine rings is 1. The number of ether oxygens (including phenoxy) is 1. The van der Waals surface area contributed by atoms with Crippen LogP contribution in [0.1, 0.15) is 39.5 Å². The summed E-state index contributed by atoms with van der Waals surface area (Å²) >= 11 is 0. The molecule has 144 valence electrons. The highest BCUT2D eigenvalue weighted by Gasteiger charge is 2.35. The van der Waals surface area contributed by atoms with E-state index < -0.39 is 18.1 Å². The van der Waals surface area contributed by atoms with Crippen molar-refractivity contribution in [2.45, 2.75) is 45.6 Å². The van der Waals surface area contributed by atoms with E-state index in [0.29, 0.717) is 32.4 Å². The summed E-state index contributed by atoms with van der Waals surface area (Å²) in [5.74, 6) is -0.886. The third-order valence-corrected chi connectivity index (χ3v) is 5.54. The predicted molar refractivity (Wildman–Crippen MR) is 96.5 cm³/mol. The Morgan fingerprint density at radius 3 is 2.42 bits per heavy atom. The van der Waals surface area contributed by atoms with Gasteiger partial charge >= 0.3 is 12.1 Å². The molecular formula is C19H28N2O5. The molecule has 1 heterocycles. The van der Waals surface area contributed by atoms with Crippen LogP contribution in [0.2, 0.25) is 0 Å². The number of carbonyl (C=O) groups is 3. The first-order valence-corrected chi connectivity index (χ1v) is 8.95. The fraction of sp³-hybridized carbons (Fsp3) is 0.632. The van der Waals surface area contributed by atoms with Crippen molar-refractivity contribution in [3.05, 3.63) is 23.4 Å². The highest BCUT2D eigenvalue weighted by atomic mass is 16.5. The number of amides is 1. The summed E-state index contributed by atoms with van der Waals surface area (Å²) < 4.78 is 4.52. The van der Waals surface area contributed by atoms with Crippen LogP contribution in [0.25, 0.3) is 0 Å². The summed E-state index contributed by atoms with van der Waals surface area (Å²) in [5.41, 5.74) is 2.88. The van der Waals surface area contributed by atoms with Gasteiger partial charge in [0, 0.05) is 30.8 Å². The second-order valence-corrected chi connectivity index (χ2v) is 7.22. The first kappa shape index (κ1) is 20.0. The first-order chi connectivity index (χ1) is 12.2. The number of carboxylic acid groups (broad SMARTS) is 1. The van der Waals surface area contributed by atoms with E-state index >= 15 is 0 Å². The van der Waals surface area contributed by atoms with Gasteiger partial charge in [0.1, 0.15) is 6.04 Å². The Balaban J connectivity index is 2.05. The lowest BCUT2D eigenvalue weighted by atomic mass is 9.81. The number of allylic oxidation sites excluding steroid dienone is 3. The van der Waals surface area contributed by atoms with E-state index in [2.05, 4.69) is 21.5 Å². The number of rotatable bonds is 5. The van der Waals surface area contributed by atoms with Crippen LogP contribution in [0, 0.1) is 11.8 Å². The Labute approximate surface area is 154 Å². The third-order valence-electron chi connectivity index (χ3n) is 5.54. The maximum atomic E-state index is 12.3. The number of nitrogens with one attached hydrogen (secondary N) is 1. The molecular weight excluding hydrogens is 336 g/mol. The van der Waals surface area contributed by atoms with Gasteiger partial charge in [-0.15, -0.1) is 0 Å². The molecule has 0 aromatic carbocycles. The van der Waals surface area contributed by atoms with Crippen molar-refractivity contribution in [3.8, 4) is 0 Å². The quantitative estimate of drug-likeness (QED) is 0.727. The lowest BCUT2D eigenvalue weighted by Crippen LogP contribution is -2.49. The Morgan fingerprint density at radius 2 is 1.92 bits per heavy atom. The van der Waals surface area contributed by atoms with Crippen LogP contribution in [-0.4, -0.2) is 54.1 Å². The summed E-state index contributed by atoms with van der Waals surface area (Å²) in [7, 11) is 1.21. The third kappa shape index (κ3) is 4.45. The van der Waals surface area contributed by atoms with E-state index in [1.54, 1.807) is 0 Å². The standard InChI is InChI=1S/C19H28N2O5/c1-11(2)14-9-15(12(3)16(22)10-14)21-7-5-13(6-8-21)17(18(23)24)20-19(25)26-4/h13-14,17H,1,5-10H2,2-4H3,(H,20,25)(H,23,24). The minimum atomic E-state index is -1.06. The van der Waals surface area contributed by atoms with Gasteiger partial charge in [-0.25, -0.2) is 9.59 Å². The summed E-state index contributed by atoms with van der Waals surface area (Å²) in [6.45, 7) is 9.16. The number of Topliss-reactive ketones (excluding diaryl/α,β-unsaturated/α-hetero) is 1. The number of ketones is 1. The first-order valence-electron chi connectivity index (χ1n) is 8.95. The van der Waals surface area contributed by atoms with Crippen molar-refractivity contribution in [1.29, 1.82) is 0 Å². The van der Waals surface area contributed by atoms with Gasteiger partial charge in [0.05, 0.1) is 7.11 Å². The van der Waals surface area contributed by atoms with E-state index in [4.69, 9.17) is 0 Å². The van der Waals surface area contributed by atoms with Gasteiger partial charge < -0.3 is 20.1 Å². The number of nitrogens with zero attached hydrogens (tertiary/aromatic N) is 1. The molecule has 2 atom stereocenters. The van der Waals surface area contributed by atoms with Gasteiger partial charge in [-0.1, -0.05) is 12.2 Å². The van der Waals surface area contributed by atoms with Gasteiger partial charge in [-0.2, -0.15) is 0 Å². The number of hydrogen-bond donors (Lipinski definition) is 2. The molecule has 0 spiro atoms. The number of carboxylic acids is 1. The van der Waals surface area contributed by atoms with Crippen molar-refractivity contribution in [3.63, 3.8) is 0 Å². The Hall–Kier alpha value is -2.31. The molecule has 0 saturated carbocycles. The highest BCUT2D eigenvalue weighted by molar-refractivity contribution is 5.96. The van der Waals surface area contributed by atoms with Crippen LogP contribution in [-0.2, 0) is 14.3 Å². The Bertz CT molecular complexity index is 632. The molecule has 0 bridgehead atoms. The number of aliphatic carboxylic acids is 1. The van der Waals surface area contributed by atoms with E-state index in [1.165, 1.54) is 7.11 Å². The van der Waals surface area contributed by atoms with Crippen molar-refractivity contribution in [2.75, 3.05) is 20.2 Å². The SMILES string of the molecule is C=C(C)C1CC(=O)C(C)=C(N2CCC(C(NC(=O)OC)C(=O)O)CC2)C1. The lowest BCUT2D eigenvalue weighted by molar-refractivity contribution is -0.141. The zero-order valence-electron chi connectivity index (χ0n) is 15.7. The Kier molecular flexibility index (Phi) is 6.45. The number of methoxy groups -OCH3 is 1. The predicted octanol–water partition coefficient (Wildman–Crippen LogP) is 2.34. The molecule has 2 aliphatic rings. The van der Waals surface area contributed by atoms with Gasteiger partial charge in [0.2, 0.25) is 0 Å². The number of alkyl carbamates (subject to hydrolysis) is 1. The zero-order valence-corrected chi connectivity index (χ0v) is 15.7. The molecule has 1 saturated heterocycles. The van der Waals surface area contributed by atoms with Gasteiger partial charge in [0.25, 0.3) is 0 Å². The summed E-state index contributed by atoms with van der Waals surface area (Å²) in [5, 5.41) is 11.8. The molecule has 7 heteroatoms. The fourth-order valence-electron chi connectivity index (χ4n) is 3.78. The summed E-state index contributed by atoms with van der Waals surface area (Å²) in [4.78, 5) is 37.4. The molecule has 2 N–H and O–H groups in total. The lowest BCUT2D eigenvalue weighted by Gasteiger charge is -2.40. The number of likely N-dealkylation sites (tertiary alicyclic amines) is 1. The van der Waals surface area contributed by atoms with Crippen LogP contribution in [0.5, 0.6) is 0 Å². The van der Waals surface area contributed by atoms with Crippen LogP contribution in [0.3, 0.4) is 0 Å². The fourth-order valence-corrected chi connectivity index (χ4v) is 3.78. The molecule has 1 aliphatic heterocycles. The molecule has 2 rings (SSSR count). The monoisotopic (exact) mass is 364 g/mol. The van der Waals surface area contributed by atoms with Crippen molar-refractivity contribution >= 4 is 17.8 Å². The largest absolute Gasteiger partial charge is 0.480 e. The highest BCUT2D eigenvalue weighted by Crippen LogP contribution is 2.35. The average Bonchev–Trinajstić information content (AvgIpc) is 2.61. The van der Waals surface area contributed by atoms with Crippen molar-refractivity contribution in [2.24, 2.45) is 11.8 Å². The molecule has 1 fully saturated rings. The maximum Gasteiger partial charge on any atom is 0.407 e. The molecule has 2 unspecified atom stereocenters. The minimum absolute atomic E-state index is 0.164. The molecule has 0 aromatic heterocycles. The molecule has 7 nitrogen and oxygen atoms in total. The maximum absolute atomic E-state index is 12.3. The normalized spacial score (nSPS) is 22.8. The minimum Gasteiger partial charge on any atom is -0.480 e. The summed E-state index contributed by atoms with van der Waals surface area (Å²) in [6.07, 6.45) is 1.85. The molecule has 1 amide bonds. The second kappa shape index (κ2) is 8.38. The van der Waals surface area contributed by atoms with E-state index in [0.717, 1.165) is 23.3 Å². The molecule has 1 aliphatic carbocycles.